The molecular weight excluding hydrogens is 466 g/mol. The van der Waals surface area contributed by atoms with E-state index in [1.165, 1.54) is 40.7 Å². The van der Waals surface area contributed by atoms with Crippen molar-refractivity contribution in [3.8, 4) is 5.75 Å². The molecule has 0 atom stereocenters. The van der Waals surface area contributed by atoms with E-state index in [4.69, 9.17) is 4.74 Å². The minimum atomic E-state index is -3.75. The number of nitrogens with one attached hydrogen (secondary N) is 2. The van der Waals surface area contributed by atoms with Crippen molar-refractivity contribution in [1.29, 1.82) is 0 Å². The van der Waals surface area contributed by atoms with Crippen LogP contribution in [0.4, 0.5) is 5.69 Å². The molecule has 1 saturated heterocycles. The highest BCUT2D eigenvalue weighted by molar-refractivity contribution is 7.89. The third kappa shape index (κ3) is 6.76. The van der Waals surface area contributed by atoms with Gasteiger partial charge in [0.15, 0.2) is 0 Å². The molecule has 3 rings (SSSR count). The van der Waals surface area contributed by atoms with Gasteiger partial charge in [0.25, 0.3) is 0 Å². The van der Waals surface area contributed by atoms with E-state index in [1.54, 1.807) is 12.1 Å². The molecule has 0 spiro atoms. The fourth-order valence-corrected chi connectivity index (χ4v) is 6.00. The van der Waals surface area contributed by atoms with Crippen molar-refractivity contribution in [2.24, 2.45) is 0 Å². The normalized spacial score (nSPS) is 15.2. The molecule has 33 heavy (non-hydrogen) atoms. The number of piperidine rings is 1. The molecule has 0 unspecified atom stereocenters. The van der Waals surface area contributed by atoms with Crippen LogP contribution in [0.15, 0.2) is 58.3 Å². The maximum atomic E-state index is 12.7. The van der Waals surface area contributed by atoms with Crippen LogP contribution < -0.4 is 14.8 Å². The third-order valence-electron chi connectivity index (χ3n) is 5.18. The molecule has 1 heterocycles. The number of rotatable bonds is 10. The Labute approximate surface area is 195 Å². The SMILES string of the molecule is CCOc1ccc(S(=O)(=O)NCCC(=O)Nc2ccc(S(=O)(=O)N3CCCCC3)cc2)cc1. The zero-order valence-corrected chi connectivity index (χ0v) is 20.1. The second-order valence-corrected chi connectivity index (χ2v) is 11.3. The van der Waals surface area contributed by atoms with Gasteiger partial charge in [-0.1, -0.05) is 6.42 Å². The number of carbonyl (C=O) groups is 1. The molecule has 11 heteroatoms. The first kappa shape index (κ1) is 25.2. The summed E-state index contributed by atoms with van der Waals surface area (Å²) in [5.74, 6) is 0.182. The monoisotopic (exact) mass is 495 g/mol. The molecular formula is C22H29N3O6S2. The minimum absolute atomic E-state index is 0.0793. The van der Waals surface area contributed by atoms with Gasteiger partial charge in [-0.3, -0.25) is 4.79 Å². The zero-order valence-electron chi connectivity index (χ0n) is 18.5. The number of benzene rings is 2. The Morgan fingerprint density at radius 2 is 1.52 bits per heavy atom. The summed E-state index contributed by atoms with van der Waals surface area (Å²) in [6.07, 6.45) is 2.67. The molecule has 0 aromatic heterocycles. The van der Waals surface area contributed by atoms with Crippen LogP contribution in [0, 0.1) is 0 Å². The van der Waals surface area contributed by atoms with Gasteiger partial charge < -0.3 is 10.1 Å². The average Bonchev–Trinajstić information content (AvgIpc) is 2.80. The molecule has 0 saturated carbocycles. The van der Waals surface area contributed by atoms with E-state index in [1.807, 2.05) is 6.92 Å². The van der Waals surface area contributed by atoms with Gasteiger partial charge in [0, 0.05) is 31.7 Å². The van der Waals surface area contributed by atoms with Crippen molar-refractivity contribution < 1.29 is 26.4 Å². The van der Waals surface area contributed by atoms with Crippen LogP contribution in [0.2, 0.25) is 0 Å². The van der Waals surface area contributed by atoms with Crippen LogP contribution in [-0.4, -0.2) is 53.3 Å². The van der Waals surface area contributed by atoms with Crippen LogP contribution in [0.3, 0.4) is 0 Å². The molecule has 180 valence electrons. The van der Waals surface area contributed by atoms with Crippen LogP contribution >= 0.6 is 0 Å². The van der Waals surface area contributed by atoms with Crippen molar-refractivity contribution in [2.75, 3.05) is 31.6 Å². The summed E-state index contributed by atoms with van der Waals surface area (Å²) < 4.78 is 59.3. The molecule has 1 fully saturated rings. The number of nitrogens with zero attached hydrogens (tertiary/aromatic N) is 1. The first-order valence-electron chi connectivity index (χ1n) is 10.8. The second-order valence-electron chi connectivity index (χ2n) is 7.59. The van der Waals surface area contributed by atoms with E-state index in [2.05, 4.69) is 10.0 Å². The summed E-state index contributed by atoms with van der Waals surface area (Å²) in [7, 11) is -7.28. The summed E-state index contributed by atoms with van der Waals surface area (Å²) in [4.78, 5) is 12.5. The van der Waals surface area contributed by atoms with Crippen molar-refractivity contribution in [3.05, 3.63) is 48.5 Å². The predicted molar refractivity (Wildman–Crippen MR) is 125 cm³/mol. The lowest BCUT2D eigenvalue weighted by Crippen LogP contribution is -2.35. The van der Waals surface area contributed by atoms with E-state index in [-0.39, 0.29) is 22.8 Å². The number of anilines is 1. The number of carbonyl (C=O) groups excluding carboxylic acids is 1. The van der Waals surface area contributed by atoms with Gasteiger partial charge in [-0.2, -0.15) is 4.31 Å². The quantitative estimate of drug-likeness (QED) is 0.522. The van der Waals surface area contributed by atoms with Crippen molar-refractivity contribution >= 4 is 31.6 Å². The fraction of sp³-hybridized carbons (Fsp3) is 0.409. The van der Waals surface area contributed by atoms with Crippen molar-refractivity contribution in [3.63, 3.8) is 0 Å². The highest BCUT2D eigenvalue weighted by Crippen LogP contribution is 2.22. The lowest BCUT2D eigenvalue weighted by Gasteiger charge is -2.25. The van der Waals surface area contributed by atoms with Crippen LogP contribution in [0.1, 0.15) is 32.6 Å². The Morgan fingerprint density at radius 3 is 2.12 bits per heavy atom. The van der Waals surface area contributed by atoms with E-state index < -0.39 is 26.0 Å². The van der Waals surface area contributed by atoms with Crippen LogP contribution in [0.5, 0.6) is 5.75 Å². The van der Waals surface area contributed by atoms with E-state index >= 15 is 0 Å². The molecule has 0 radical (unpaired) electrons. The van der Waals surface area contributed by atoms with Gasteiger partial charge in [-0.25, -0.2) is 21.6 Å². The Morgan fingerprint density at radius 1 is 0.909 bits per heavy atom. The van der Waals surface area contributed by atoms with Gasteiger partial charge in [0.1, 0.15) is 5.75 Å². The van der Waals surface area contributed by atoms with Crippen molar-refractivity contribution in [1.82, 2.24) is 9.03 Å². The number of amides is 1. The van der Waals surface area contributed by atoms with Crippen LogP contribution in [0.25, 0.3) is 0 Å². The number of ether oxygens (including phenoxy) is 1. The molecule has 1 aliphatic heterocycles. The Kier molecular flexibility index (Phi) is 8.46. The van der Waals surface area contributed by atoms with Crippen molar-refractivity contribution in [2.45, 2.75) is 42.4 Å². The molecule has 1 aliphatic rings. The average molecular weight is 496 g/mol. The Balaban J connectivity index is 1.50. The number of hydrogen-bond acceptors (Lipinski definition) is 6. The van der Waals surface area contributed by atoms with E-state index in [0.29, 0.717) is 31.1 Å². The lowest BCUT2D eigenvalue weighted by atomic mass is 10.2. The highest BCUT2D eigenvalue weighted by atomic mass is 32.2. The summed E-state index contributed by atoms with van der Waals surface area (Å²) in [5, 5.41) is 2.65. The molecule has 0 aliphatic carbocycles. The lowest BCUT2D eigenvalue weighted by molar-refractivity contribution is -0.116. The first-order chi connectivity index (χ1) is 15.7. The maximum absolute atomic E-state index is 12.7. The largest absolute Gasteiger partial charge is 0.494 e. The van der Waals surface area contributed by atoms with Crippen LogP contribution in [-0.2, 0) is 24.8 Å². The zero-order chi connectivity index (χ0) is 23.9. The Bertz CT molecular complexity index is 1140. The van der Waals surface area contributed by atoms with Gasteiger partial charge in [0.05, 0.1) is 16.4 Å². The molecule has 2 aromatic rings. The van der Waals surface area contributed by atoms with E-state index in [0.717, 1.165) is 19.3 Å². The molecule has 2 N–H and O–H groups in total. The molecule has 1 amide bonds. The minimum Gasteiger partial charge on any atom is -0.494 e. The topological polar surface area (TPSA) is 122 Å². The summed E-state index contributed by atoms with van der Waals surface area (Å²) >= 11 is 0. The first-order valence-corrected chi connectivity index (χ1v) is 13.8. The van der Waals surface area contributed by atoms with Gasteiger partial charge in [0.2, 0.25) is 26.0 Å². The molecule has 0 bridgehead atoms. The van der Waals surface area contributed by atoms with E-state index in [9.17, 15) is 21.6 Å². The van der Waals surface area contributed by atoms with Gasteiger partial charge in [-0.05, 0) is 68.3 Å². The fourth-order valence-electron chi connectivity index (χ4n) is 3.45. The predicted octanol–water partition coefficient (Wildman–Crippen LogP) is 2.57. The second kappa shape index (κ2) is 11.1. The highest BCUT2D eigenvalue weighted by Gasteiger charge is 2.25. The summed E-state index contributed by atoms with van der Waals surface area (Å²) in [6.45, 7) is 3.28. The standard InChI is InChI=1S/C22H29N3O6S2/c1-2-31-19-8-12-20(13-9-19)32(27,28)23-15-14-22(26)24-18-6-10-21(11-7-18)33(29,30)25-16-4-3-5-17-25/h6-13,23H,2-5,14-17H2,1H3,(H,24,26). The smallest absolute Gasteiger partial charge is 0.243 e. The summed E-state index contributed by atoms with van der Waals surface area (Å²) in [6, 6.07) is 12.0. The van der Waals surface area contributed by atoms with Gasteiger partial charge in [-0.15, -0.1) is 0 Å². The van der Waals surface area contributed by atoms with Gasteiger partial charge >= 0.3 is 0 Å². The Hall–Kier alpha value is -2.47. The number of sulfonamides is 2. The maximum Gasteiger partial charge on any atom is 0.243 e. The third-order valence-corrected chi connectivity index (χ3v) is 8.57. The summed E-state index contributed by atoms with van der Waals surface area (Å²) in [5.41, 5.74) is 0.437. The number of hydrogen-bond donors (Lipinski definition) is 2. The molecule has 2 aromatic carbocycles. The molecule has 9 nitrogen and oxygen atoms in total.